The fourth-order valence-electron chi connectivity index (χ4n) is 7.24. The Kier molecular flexibility index (Phi) is 22.2. The predicted octanol–water partition coefficient (Wildman–Crippen LogP) is 14.3. The Labute approximate surface area is 328 Å². The third-order valence-corrected chi connectivity index (χ3v) is 11.7. The average Bonchev–Trinajstić information content (AvgIpc) is 3.18. The molecule has 0 aliphatic heterocycles. The maximum absolute atomic E-state index is 4.54. The van der Waals surface area contributed by atoms with Gasteiger partial charge in [0.25, 0.3) is 0 Å². The van der Waals surface area contributed by atoms with Crippen LogP contribution in [0.15, 0.2) is 73.3 Å². The van der Waals surface area contributed by atoms with Crippen LogP contribution >= 0.6 is 11.8 Å². The maximum Gasteiger partial charge on any atom is 0.0888 e. The van der Waals surface area contributed by atoms with E-state index in [4.69, 9.17) is 0 Å². The van der Waals surface area contributed by atoms with Crippen molar-refractivity contribution >= 4 is 11.8 Å². The van der Waals surface area contributed by atoms with Crippen molar-refractivity contribution in [1.29, 1.82) is 0 Å². The fraction of sp³-hybridized carbons (Fsp3) is 0.583. The summed E-state index contributed by atoms with van der Waals surface area (Å²) in [5.41, 5.74) is 9.18. The van der Waals surface area contributed by atoms with E-state index in [0.717, 1.165) is 35.6 Å². The lowest BCUT2D eigenvalue weighted by atomic mass is 10.0. The molecule has 4 nitrogen and oxygen atoms in total. The Morgan fingerprint density at radius 3 is 0.962 bits per heavy atom. The molecule has 0 spiro atoms. The Hall–Kier alpha value is -3.05. The predicted molar refractivity (Wildman–Crippen MR) is 231 cm³/mol. The molecule has 0 N–H and O–H groups in total. The highest BCUT2D eigenvalue weighted by Gasteiger charge is 2.05. The van der Waals surface area contributed by atoms with Gasteiger partial charge in [-0.2, -0.15) is 11.8 Å². The third kappa shape index (κ3) is 19.2. The number of pyridine rings is 4. The molecule has 0 atom stereocenters. The molecule has 0 fully saturated rings. The Morgan fingerprint density at radius 2 is 0.623 bits per heavy atom. The molecular weight excluding hydrogens is 665 g/mol. The molecule has 53 heavy (non-hydrogen) atoms. The van der Waals surface area contributed by atoms with Gasteiger partial charge in [-0.1, -0.05) is 116 Å². The van der Waals surface area contributed by atoms with Crippen molar-refractivity contribution < 1.29 is 0 Å². The molecule has 4 rings (SSSR count). The first-order chi connectivity index (χ1) is 26.2. The number of thioether (sulfide) groups is 1. The largest absolute Gasteiger partial charge is 0.255 e. The molecular formula is C48H70N4S. The summed E-state index contributed by atoms with van der Waals surface area (Å²) in [5, 5.41) is 0. The van der Waals surface area contributed by atoms with Crippen molar-refractivity contribution in [1.82, 2.24) is 19.9 Å². The highest BCUT2D eigenvalue weighted by molar-refractivity contribution is 7.99. The van der Waals surface area contributed by atoms with Crippen LogP contribution in [-0.4, -0.2) is 31.4 Å². The molecule has 0 aliphatic carbocycles. The summed E-state index contributed by atoms with van der Waals surface area (Å²) in [5.74, 6) is 2.75. The lowest BCUT2D eigenvalue weighted by molar-refractivity contribution is 0.549. The molecule has 0 saturated carbocycles. The molecule has 4 heterocycles. The zero-order valence-electron chi connectivity index (χ0n) is 33.5. The standard InChI is InChI=1S/C48H70N4S/c1-41-27-31-49-45(37-41)47-39-43(29-33-51-47)25-21-17-13-9-5-3-7-11-15-19-23-35-53-36-24-20-16-12-8-4-6-10-14-18-22-26-44-30-34-52-48(40-44)46-38-42(2)28-32-50-46/h27-34,37-40H,3-26,35-36H2,1-2H3. The summed E-state index contributed by atoms with van der Waals surface area (Å²) in [6, 6.07) is 17.1. The molecule has 0 amide bonds. The summed E-state index contributed by atoms with van der Waals surface area (Å²) < 4.78 is 0. The highest BCUT2D eigenvalue weighted by Crippen LogP contribution is 2.21. The number of hydrogen-bond donors (Lipinski definition) is 0. The fourth-order valence-corrected chi connectivity index (χ4v) is 8.26. The van der Waals surface area contributed by atoms with E-state index in [2.05, 4.69) is 81.9 Å². The topological polar surface area (TPSA) is 51.6 Å². The zero-order chi connectivity index (χ0) is 37.0. The van der Waals surface area contributed by atoms with Crippen LogP contribution in [-0.2, 0) is 12.8 Å². The van der Waals surface area contributed by atoms with E-state index in [1.165, 1.54) is 175 Å². The van der Waals surface area contributed by atoms with Gasteiger partial charge in [0.15, 0.2) is 0 Å². The Balaban J connectivity index is 0.823. The molecule has 4 aromatic rings. The molecule has 5 heteroatoms. The molecule has 0 radical (unpaired) electrons. The van der Waals surface area contributed by atoms with Gasteiger partial charge in [-0.25, -0.2) is 0 Å². The lowest BCUT2D eigenvalue weighted by Crippen LogP contribution is -1.92. The maximum atomic E-state index is 4.54. The molecule has 0 aromatic carbocycles. The average molecular weight is 735 g/mol. The normalized spacial score (nSPS) is 11.4. The van der Waals surface area contributed by atoms with Gasteiger partial charge in [0.05, 0.1) is 22.8 Å². The molecule has 0 aliphatic rings. The van der Waals surface area contributed by atoms with Crippen molar-refractivity contribution in [3.05, 3.63) is 95.6 Å². The lowest BCUT2D eigenvalue weighted by Gasteiger charge is -2.06. The number of nitrogens with zero attached hydrogens (tertiary/aromatic N) is 4. The first-order valence-corrected chi connectivity index (χ1v) is 22.7. The summed E-state index contributed by atoms with van der Waals surface area (Å²) in [7, 11) is 0. The second-order valence-corrected chi connectivity index (χ2v) is 16.7. The SMILES string of the molecule is Cc1ccnc(-c2cc(CCCCCCCCCCCCCSCCCCCCCCCCCCCc3ccnc(-c4cc(C)ccn4)c3)ccn2)c1. The third-order valence-electron chi connectivity index (χ3n) is 10.5. The van der Waals surface area contributed by atoms with Crippen LogP contribution in [0, 0.1) is 13.8 Å². The molecule has 0 unspecified atom stereocenters. The molecule has 0 bridgehead atoms. The molecule has 4 aromatic heterocycles. The van der Waals surface area contributed by atoms with Crippen LogP contribution in [0.5, 0.6) is 0 Å². The van der Waals surface area contributed by atoms with E-state index < -0.39 is 0 Å². The first kappa shape index (κ1) is 42.7. The number of hydrogen-bond acceptors (Lipinski definition) is 5. The van der Waals surface area contributed by atoms with Gasteiger partial charge in [-0.15, -0.1) is 0 Å². The Morgan fingerprint density at radius 1 is 0.340 bits per heavy atom. The number of unbranched alkanes of at least 4 members (excludes halogenated alkanes) is 20. The minimum absolute atomic E-state index is 0.979. The van der Waals surface area contributed by atoms with Crippen molar-refractivity contribution in [2.45, 2.75) is 168 Å². The van der Waals surface area contributed by atoms with Crippen molar-refractivity contribution in [3.8, 4) is 22.8 Å². The van der Waals surface area contributed by atoms with E-state index >= 15 is 0 Å². The number of aromatic nitrogens is 4. The number of rotatable bonds is 30. The summed E-state index contributed by atoms with van der Waals surface area (Å²) in [6.07, 6.45) is 40.7. The molecule has 288 valence electrons. The summed E-state index contributed by atoms with van der Waals surface area (Å²) in [4.78, 5) is 18.1. The van der Waals surface area contributed by atoms with Crippen molar-refractivity contribution in [2.75, 3.05) is 11.5 Å². The quantitative estimate of drug-likeness (QED) is 0.0499. The number of aryl methyl sites for hydroxylation is 4. The van der Waals surface area contributed by atoms with Crippen molar-refractivity contribution in [2.24, 2.45) is 0 Å². The van der Waals surface area contributed by atoms with Gasteiger partial charge in [0, 0.05) is 24.8 Å². The second kappa shape index (κ2) is 27.5. The van der Waals surface area contributed by atoms with E-state index in [1.54, 1.807) is 0 Å². The smallest absolute Gasteiger partial charge is 0.0888 e. The van der Waals surface area contributed by atoms with Crippen LogP contribution in [0.1, 0.15) is 164 Å². The van der Waals surface area contributed by atoms with E-state index in [1.807, 2.05) is 36.9 Å². The minimum atomic E-state index is 0.979. The van der Waals surface area contributed by atoms with Gasteiger partial charge >= 0.3 is 0 Å². The zero-order valence-corrected chi connectivity index (χ0v) is 34.3. The van der Waals surface area contributed by atoms with Crippen LogP contribution < -0.4 is 0 Å². The van der Waals surface area contributed by atoms with E-state index in [9.17, 15) is 0 Å². The van der Waals surface area contributed by atoms with Crippen molar-refractivity contribution in [3.63, 3.8) is 0 Å². The minimum Gasteiger partial charge on any atom is -0.255 e. The van der Waals surface area contributed by atoms with Gasteiger partial charge in [-0.05, 0) is 135 Å². The van der Waals surface area contributed by atoms with Crippen LogP contribution in [0.2, 0.25) is 0 Å². The van der Waals surface area contributed by atoms with E-state index in [-0.39, 0.29) is 0 Å². The van der Waals surface area contributed by atoms with Crippen LogP contribution in [0.25, 0.3) is 22.8 Å². The van der Waals surface area contributed by atoms with Crippen LogP contribution in [0.4, 0.5) is 0 Å². The molecule has 0 saturated heterocycles. The van der Waals surface area contributed by atoms with Crippen LogP contribution in [0.3, 0.4) is 0 Å². The van der Waals surface area contributed by atoms with E-state index in [0.29, 0.717) is 0 Å². The summed E-state index contributed by atoms with van der Waals surface area (Å²) in [6.45, 7) is 4.21. The highest BCUT2D eigenvalue weighted by atomic mass is 32.2. The Bertz CT molecular complexity index is 1410. The van der Waals surface area contributed by atoms with Gasteiger partial charge in [0.2, 0.25) is 0 Å². The van der Waals surface area contributed by atoms with Gasteiger partial charge < -0.3 is 0 Å². The monoisotopic (exact) mass is 735 g/mol. The van der Waals surface area contributed by atoms with Gasteiger partial charge in [-0.3, -0.25) is 19.9 Å². The first-order valence-electron chi connectivity index (χ1n) is 21.5. The van der Waals surface area contributed by atoms with Gasteiger partial charge in [0.1, 0.15) is 0 Å². The second-order valence-electron chi connectivity index (χ2n) is 15.4. The summed E-state index contributed by atoms with van der Waals surface area (Å²) >= 11 is 2.20.